The van der Waals surface area contributed by atoms with Crippen molar-refractivity contribution in [1.29, 1.82) is 0 Å². The van der Waals surface area contributed by atoms with Crippen molar-refractivity contribution >= 4 is 21.9 Å². The number of fused-ring (bicyclic) bond motifs is 1. The molecule has 1 fully saturated rings. The number of hydrogen-bond acceptors (Lipinski definition) is 5. The van der Waals surface area contributed by atoms with Crippen LogP contribution in [0.2, 0.25) is 0 Å². The summed E-state index contributed by atoms with van der Waals surface area (Å²) in [5.74, 6) is 1.27. The van der Waals surface area contributed by atoms with Crippen molar-refractivity contribution in [3.05, 3.63) is 18.2 Å². The summed E-state index contributed by atoms with van der Waals surface area (Å²) in [6.45, 7) is 1.15. The summed E-state index contributed by atoms with van der Waals surface area (Å²) >= 11 is 0. The monoisotopic (exact) mass is 370 g/mol. The third-order valence-electron chi connectivity index (χ3n) is 4.20. The van der Waals surface area contributed by atoms with Gasteiger partial charge in [-0.05, 0) is 25.0 Å². The van der Waals surface area contributed by atoms with Crippen molar-refractivity contribution < 1.29 is 22.7 Å². The molecule has 0 aromatic heterocycles. The first kappa shape index (κ1) is 17.8. The number of amides is 2. The summed E-state index contributed by atoms with van der Waals surface area (Å²) < 4.78 is 38.0. The number of hydrogen-bond donors (Lipinski definition) is 2. The summed E-state index contributed by atoms with van der Waals surface area (Å²) in [7, 11) is -0.487. The van der Waals surface area contributed by atoms with E-state index in [2.05, 4.69) is 10.0 Å². The molecule has 0 atom stereocenters. The number of anilines is 1. The predicted molar refractivity (Wildman–Crippen MR) is 91.9 cm³/mol. The molecule has 1 saturated heterocycles. The van der Waals surface area contributed by atoms with Crippen LogP contribution in [0.1, 0.15) is 12.8 Å². The van der Waals surface area contributed by atoms with Gasteiger partial charge in [-0.25, -0.2) is 4.79 Å². The van der Waals surface area contributed by atoms with E-state index in [1.807, 2.05) is 0 Å². The lowest BCUT2D eigenvalue weighted by atomic mass is 10.1. The average molecular weight is 370 g/mol. The fourth-order valence-electron chi connectivity index (χ4n) is 2.69. The molecule has 138 valence electrons. The molecular formula is C15H22N4O5S. The quantitative estimate of drug-likeness (QED) is 0.817. The summed E-state index contributed by atoms with van der Waals surface area (Å²) in [5.41, 5.74) is 0.629. The molecule has 0 saturated carbocycles. The van der Waals surface area contributed by atoms with Crippen LogP contribution in [0.4, 0.5) is 10.5 Å². The number of nitrogens with one attached hydrogen (secondary N) is 2. The summed E-state index contributed by atoms with van der Waals surface area (Å²) in [6.07, 6.45) is 1.14. The van der Waals surface area contributed by atoms with Gasteiger partial charge >= 0.3 is 6.03 Å². The molecule has 2 aliphatic heterocycles. The molecule has 25 heavy (non-hydrogen) atoms. The van der Waals surface area contributed by atoms with Crippen LogP contribution < -0.4 is 19.5 Å². The Morgan fingerprint density at radius 1 is 1.20 bits per heavy atom. The Morgan fingerprint density at radius 2 is 1.88 bits per heavy atom. The zero-order valence-electron chi connectivity index (χ0n) is 14.2. The lowest BCUT2D eigenvalue weighted by Crippen LogP contribution is -2.49. The van der Waals surface area contributed by atoms with Crippen LogP contribution in [0.15, 0.2) is 18.2 Å². The minimum atomic E-state index is -3.45. The molecule has 10 heteroatoms. The Kier molecular flexibility index (Phi) is 5.02. The smallest absolute Gasteiger partial charge is 0.321 e. The zero-order chi connectivity index (χ0) is 18.0. The van der Waals surface area contributed by atoms with Gasteiger partial charge in [0.25, 0.3) is 10.2 Å². The average Bonchev–Trinajstić information content (AvgIpc) is 3.02. The number of benzene rings is 1. The Balaban J connectivity index is 1.52. The summed E-state index contributed by atoms with van der Waals surface area (Å²) in [6, 6.07) is 4.84. The van der Waals surface area contributed by atoms with Gasteiger partial charge in [0.1, 0.15) is 0 Å². The fourth-order valence-corrected chi connectivity index (χ4v) is 3.56. The van der Waals surface area contributed by atoms with Gasteiger partial charge in [0.05, 0.1) is 0 Å². The number of piperidine rings is 1. The Morgan fingerprint density at radius 3 is 2.56 bits per heavy atom. The van der Waals surface area contributed by atoms with E-state index in [0.717, 1.165) is 4.31 Å². The second-order valence-corrected chi connectivity index (χ2v) is 8.08. The van der Waals surface area contributed by atoms with E-state index >= 15 is 0 Å². The second kappa shape index (κ2) is 7.06. The van der Waals surface area contributed by atoms with Crippen LogP contribution in [0, 0.1) is 0 Å². The van der Waals surface area contributed by atoms with Crippen LogP contribution >= 0.6 is 0 Å². The highest BCUT2D eigenvalue weighted by Gasteiger charge is 2.27. The van der Waals surface area contributed by atoms with Crippen LogP contribution in [0.25, 0.3) is 0 Å². The Hall–Kier alpha value is -2.04. The number of rotatable bonds is 4. The van der Waals surface area contributed by atoms with Gasteiger partial charge in [-0.1, -0.05) is 0 Å². The van der Waals surface area contributed by atoms with Crippen LogP contribution in [-0.2, 0) is 10.2 Å². The third kappa shape index (κ3) is 4.14. The van der Waals surface area contributed by atoms with Gasteiger partial charge in [0.2, 0.25) is 6.79 Å². The summed E-state index contributed by atoms with van der Waals surface area (Å²) in [5, 5.41) is 2.83. The molecule has 0 spiro atoms. The molecule has 2 heterocycles. The van der Waals surface area contributed by atoms with Gasteiger partial charge < -0.3 is 19.7 Å². The van der Waals surface area contributed by atoms with Gasteiger partial charge in [0.15, 0.2) is 11.5 Å². The SMILES string of the molecule is CN(C)S(=O)(=O)NC1CCN(C(=O)Nc2ccc3c(c2)OCO3)CC1. The number of urea groups is 1. The fraction of sp³-hybridized carbons (Fsp3) is 0.533. The molecule has 9 nitrogen and oxygen atoms in total. The second-order valence-electron chi connectivity index (χ2n) is 6.16. The molecule has 0 aliphatic carbocycles. The maximum atomic E-state index is 12.4. The Labute approximate surface area is 147 Å². The highest BCUT2D eigenvalue weighted by atomic mass is 32.2. The molecule has 2 amide bonds. The zero-order valence-corrected chi connectivity index (χ0v) is 15.0. The van der Waals surface area contributed by atoms with E-state index in [1.165, 1.54) is 14.1 Å². The summed E-state index contributed by atoms with van der Waals surface area (Å²) in [4.78, 5) is 14.0. The van der Waals surface area contributed by atoms with Gasteiger partial charge in [-0.15, -0.1) is 0 Å². The van der Waals surface area contributed by atoms with Crippen molar-refractivity contribution in [2.45, 2.75) is 18.9 Å². The van der Waals surface area contributed by atoms with E-state index in [4.69, 9.17) is 9.47 Å². The lowest BCUT2D eigenvalue weighted by Gasteiger charge is -2.32. The van der Waals surface area contributed by atoms with Crippen molar-refractivity contribution in [2.75, 3.05) is 39.3 Å². The topological polar surface area (TPSA) is 100 Å². The maximum absolute atomic E-state index is 12.4. The first-order chi connectivity index (χ1) is 11.8. The molecule has 0 unspecified atom stereocenters. The Bertz CT molecular complexity index is 744. The van der Waals surface area contributed by atoms with Gasteiger partial charge in [0, 0.05) is 45.0 Å². The van der Waals surface area contributed by atoms with Crippen molar-refractivity contribution in [3.63, 3.8) is 0 Å². The number of ether oxygens (including phenoxy) is 2. The molecule has 1 aromatic rings. The van der Waals surface area contributed by atoms with E-state index in [1.54, 1.807) is 23.1 Å². The number of carbonyl (C=O) groups is 1. The maximum Gasteiger partial charge on any atom is 0.321 e. The van der Waals surface area contributed by atoms with Gasteiger partial charge in [-0.2, -0.15) is 17.4 Å². The van der Waals surface area contributed by atoms with E-state index < -0.39 is 10.2 Å². The highest BCUT2D eigenvalue weighted by Crippen LogP contribution is 2.34. The first-order valence-corrected chi connectivity index (χ1v) is 9.44. The minimum Gasteiger partial charge on any atom is -0.454 e. The third-order valence-corrected chi connectivity index (χ3v) is 5.79. The van der Waals surface area contributed by atoms with Crippen molar-refractivity contribution in [3.8, 4) is 11.5 Å². The first-order valence-electron chi connectivity index (χ1n) is 8.00. The van der Waals surface area contributed by atoms with E-state index in [9.17, 15) is 13.2 Å². The molecular weight excluding hydrogens is 348 g/mol. The van der Waals surface area contributed by atoms with Crippen molar-refractivity contribution in [2.24, 2.45) is 0 Å². The molecule has 1 aromatic carbocycles. The van der Waals surface area contributed by atoms with Crippen LogP contribution in [0.3, 0.4) is 0 Å². The molecule has 0 bridgehead atoms. The van der Waals surface area contributed by atoms with E-state index in [0.29, 0.717) is 43.1 Å². The lowest BCUT2D eigenvalue weighted by molar-refractivity contribution is 0.174. The minimum absolute atomic E-state index is 0.165. The number of likely N-dealkylation sites (tertiary alicyclic amines) is 1. The standard InChI is InChI=1S/C15H22N4O5S/c1-18(2)25(21,22)17-11-5-7-19(8-6-11)15(20)16-12-3-4-13-14(9-12)24-10-23-13/h3-4,9,11,17H,5-8,10H2,1-2H3,(H,16,20). The number of nitrogens with zero attached hydrogens (tertiary/aromatic N) is 2. The van der Waals surface area contributed by atoms with E-state index in [-0.39, 0.29) is 18.9 Å². The molecule has 2 N–H and O–H groups in total. The van der Waals surface area contributed by atoms with Crippen LogP contribution in [-0.4, -0.2) is 63.7 Å². The largest absolute Gasteiger partial charge is 0.454 e. The molecule has 3 rings (SSSR count). The highest BCUT2D eigenvalue weighted by molar-refractivity contribution is 7.87. The normalized spacial score (nSPS) is 17.8. The molecule has 2 aliphatic rings. The number of carbonyl (C=O) groups excluding carboxylic acids is 1. The van der Waals surface area contributed by atoms with Gasteiger partial charge in [-0.3, -0.25) is 0 Å². The van der Waals surface area contributed by atoms with Crippen molar-refractivity contribution in [1.82, 2.24) is 13.9 Å². The predicted octanol–water partition coefficient (Wildman–Crippen LogP) is 0.808. The molecule has 0 radical (unpaired) electrons. The van der Waals surface area contributed by atoms with Crippen LogP contribution in [0.5, 0.6) is 11.5 Å².